The topological polar surface area (TPSA) is 202 Å². The van der Waals surface area contributed by atoms with Crippen molar-refractivity contribution in [3.05, 3.63) is 47.8 Å². The van der Waals surface area contributed by atoms with Crippen LogP contribution in [0.25, 0.3) is 0 Å². The standard InChI is InChI=1S/C51H84FN3O13/c1-13-39-51(10,61)44(57)32(4)41(53-63-25-19-18-24-55-22-16-17-23-55)30(2)27-49(8,60)46(68-48-42(56)38(26-31(3)64-48)54(11)29-36-20-14-15-21-37(36)52)33(5)43(34(6)47(59)66-39)67-40-28-50(9,62-12)45(58)35(7)65-40/h14-15,18-21,30-35,38-40,42-46,48,56-58,60-61H,13,16-17,22-29H2,1-12H3/b19-18+,53-41+/t30-,31-,32+,33+,34-,35+,38+,39-,40+,42-,43+,44-,45+,46-,48+,49+,50-,51-/m1/s1. The Labute approximate surface area is 404 Å². The molecule has 5 N–H and O–H groups in total. The van der Waals surface area contributed by atoms with Crippen LogP contribution in [0.5, 0.6) is 0 Å². The summed E-state index contributed by atoms with van der Waals surface area (Å²) in [4.78, 5) is 24.6. The van der Waals surface area contributed by atoms with Gasteiger partial charge in [-0.1, -0.05) is 57.1 Å². The van der Waals surface area contributed by atoms with E-state index < -0.39 is 114 Å². The minimum atomic E-state index is -1.97. The van der Waals surface area contributed by atoms with Crippen LogP contribution >= 0.6 is 0 Å². The third kappa shape index (κ3) is 13.4. The van der Waals surface area contributed by atoms with Crippen LogP contribution in [-0.4, -0.2) is 172 Å². The molecule has 1 aromatic rings. The summed E-state index contributed by atoms with van der Waals surface area (Å²) >= 11 is 0. The molecular formula is C51H84FN3O13. The first kappa shape index (κ1) is 56.3. The molecule has 4 aliphatic heterocycles. The van der Waals surface area contributed by atoms with Crippen molar-refractivity contribution in [2.24, 2.45) is 28.8 Å². The summed E-state index contributed by atoms with van der Waals surface area (Å²) in [6.45, 7) is 20.2. The van der Waals surface area contributed by atoms with Gasteiger partial charge in [0.15, 0.2) is 12.6 Å². The van der Waals surface area contributed by atoms with Crippen LogP contribution in [0, 0.1) is 29.5 Å². The number of oxime groups is 1. The molecule has 0 saturated carbocycles. The molecule has 388 valence electrons. The first-order valence-corrected chi connectivity index (χ1v) is 24.8. The van der Waals surface area contributed by atoms with Gasteiger partial charge in [0.05, 0.1) is 53.4 Å². The Bertz CT molecular complexity index is 1820. The normalized spacial score (nSPS) is 42.4. The van der Waals surface area contributed by atoms with Crippen LogP contribution in [0.3, 0.4) is 0 Å². The van der Waals surface area contributed by atoms with E-state index in [0.29, 0.717) is 17.7 Å². The van der Waals surface area contributed by atoms with Gasteiger partial charge in [-0.05, 0) is 106 Å². The smallest absolute Gasteiger partial charge is 0.311 e. The van der Waals surface area contributed by atoms with E-state index in [4.69, 9.17) is 33.3 Å². The van der Waals surface area contributed by atoms with Crippen molar-refractivity contribution < 1.29 is 68.0 Å². The molecule has 0 aliphatic carbocycles. The molecule has 0 bridgehead atoms. The second kappa shape index (κ2) is 24.2. The number of cyclic esters (lactones) is 1. The summed E-state index contributed by atoms with van der Waals surface area (Å²) in [5.41, 5.74) is -4.08. The molecule has 4 heterocycles. The predicted molar refractivity (Wildman–Crippen MR) is 254 cm³/mol. The van der Waals surface area contributed by atoms with Gasteiger partial charge < -0.3 is 58.8 Å². The Morgan fingerprint density at radius 3 is 2.26 bits per heavy atom. The van der Waals surface area contributed by atoms with Gasteiger partial charge in [0.2, 0.25) is 0 Å². The number of aliphatic hydroxyl groups excluding tert-OH is 3. The number of carbonyl (C=O) groups is 1. The van der Waals surface area contributed by atoms with Crippen LogP contribution < -0.4 is 0 Å². The number of nitrogens with zero attached hydrogens (tertiary/aromatic N) is 3. The van der Waals surface area contributed by atoms with Gasteiger partial charge in [-0.25, -0.2) is 4.39 Å². The number of benzene rings is 1. The number of rotatable bonds is 14. The number of aliphatic hydroxyl groups is 5. The van der Waals surface area contributed by atoms with Gasteiger partial charge >= 0.3 is 5.97 Å². The summed E-state index contributed by atoms with van der Waals surface area (Å²) in [7, 11) is 3.29. The van der Waals surface area contributed by atoms with E-state index in [1.807, 2.05) is 30.9 Å². The highest BCUT2D eigenvalue weighted by atomic mass is 19.1. The van der Waals surface area contributed by atoms with Crippen LogP contribution in [-0.2, 0) is 44.6 Å². The molecule has 68 heavy (non-hydrogen) atoms. The fourth-order valence-corrected chi connectivity index (χ4v) is 10.9. The van der Waals surface area contributed by atoms with E-state index in [2.05, 4.69) is 10.1 Å². The van der Waals surface area contributed by atoms with E-state index in [1.165, 1.54) is 32.9 Å². The monoisotopic (exact) mass is 966 g/mol. The highest BCUT2D eigenvalue weighted by Crippen LogP contribution is 2.41. The third-order valence-corrected chi connectivity index (χ3v) is 15.2. The van der Waals surface area contributed by atoms with Gasteiger partial charge in [0.1, 0.15) is 36.3 Å². The number of halogens is 1. The molecule has 1 aromatic carbocycles. The van der Waals surface area contributed by atoms with Crippen molar-refractivity contribution in [2.45, 2.75) is 199 Å². The Balaban J connectivity index is 1.57. The molecule has 0 aromatic heterocycles. The summed E-state index contributed by atoms with van der Waals surface area (Å²) in [6.07, 6.45) is -4.06. The number of likely N-dealkylation sites (N-methyl/N-ethyl adjacent to an activating group) is 1. The van der Waals surface area contributed by atoms with E-state index in [-0.39, 0.29) is 38.2 Å². The number of hydrogen-bond acceptors (Lipinski definition) is 16. The summed E-state index contributed by atoms with van der Waals surface area (Å²) in [6, 6.07) is 5.91. The zero-order chi connectivity index (χ0) is 50.3. The second-order valence-corrected chi connectivity index (χ2v) is 20.9. The molecule has 5 rings (SSSR count). The number of ether oxygens (including phenoxy) is 6. The van der Waals surface area contributed by atoms with E-state index in [0.717, 1.165) is 19.6 Å². The van der Waals surface area contributed by atoms with Crippen molar-refractivity contribution in [1.82, 2.24) is 9.80 Å². The van der Waals surface area contributed by atoms with Crippen LogP contribution in [0.1, 0.15) is 113 Å². The SMILES string of the molecule is CC[C@H]1OC(=O)[C@H](C)[C@@H](O[C@H]2C[C@@](C)(OC)[C@@H](O)[C@H](C)O2)[C@H](C)[C@@H](O[C@@H]2O[C@H](C)C[C@H](N(C)Cc3ccccc3F)[C@H]2O)[C@@](C)(O)C[C@@H](C)/C(=N\OC/C=C/CN2CCCC2)[C@H](C)[C@@H](O)[C@]1(C)O. The summed E-state index contributed by atoms with van der Waals surface area (Å²) in [5, 5.41) is 65.0. The average Bonchev–Trinajstić information content (AvgIpc) is 3.81. The maximum Gasteiger partial charge on any atom is 0.311 e. The van der Waals surface area contributed by atoms with E-state index in [1.54, 1.807) is 73.7 Å². The minimum Gasteiger partial charge on any atom is -0.459 e. The number of esters is 1. The predicted octanol–water partition coefficient (Wildman–Crippen LogP) is 4.95. The average molecular weight is 966 g/mol. The molecule has 17 heteroatoms. The van der Waals surface area contributed by atoms with Gasteiger partial charge in [0.25, 0.3) is 0 Å². The summed E-state index contributed by atoms with van der Waals surface area (Å²) in [5.74, 6) is -4.62. The lowest BCUT2D eigenvalue weighted by atomic mass is 9.73. The van der Waals surface area contributed by atoms with Crippen molar-refractivity contribution in [3.63, 3.8) is 0 Å². The number of hydrogen-bond donors (Lipinski definition) is 5. The Morgan fingerprint density at radius 2 is 1.62 bits per heavy atom. The van der Waals surface area contributed by atoms with Crippen molar-refractivity contribution >= 4 is 11.7 Å². The van der Waals surface area contributed by atoms with Crippen molar-refractivity contribution in [2.75, 3.05) is 40.4 Å². The number of likely N-dealkylation sites (tertiary alicyclic amines) is 1. The van der Waals surface area contributed by atoms with Gasteiger partial charge in [0, 0.05) is 56.0 Å². The van der Waals surface area contributed by atoms with Crippen LogP contribution in [0.4, 0.5) is 4.39 Å². The lowest BCUT2D eigenvalue weighted by molar-refractivity contribution is -0.318. The fraction of sp³-hybridized carbons (Fsp3) is 0.804. The van der Waals surface area contributed by atoms with Gasteiger partial charge in [-0.3, -0.25) is 14.6 Å². The number of carbonyl (C=O) groups excluding carboxylic acids is 1. The quantitative estimate of drug-likeness (QED) is 0.0726. The highest BCUT2D eigenvalue weighted by molar-refractivity contribution is 5.88. The minimum absolute atomic E-state index is 0.0448. The number of methoxy groups -OCH3 is 1. The zero-order valence-corrected chi connectivity index (χ0v) is 42.6. The Hall–Kier alpha value is -2.65. The van der Waals surface area contributed by atoms with E-state index in [9.17, 15) is 34.7 Å². The second-order valence-electron chi connectivity index (χ2n) is 20.9. The first-order valence-electron chi connectivity index (χ1n) is 24.8. The zero-order valence-electron chi connectivity index (χ0n) is 42.6. The molecule has 0 unspecified atom stereocenters. The lowest BCUT2D eigenvalue weighted by Crippen LogP contribution is -2.61. The molecule has 16 nitrogen and oxygen atoms in total. The molecule has 18 atom stereocenters. The Kier molecular flexibility index (Phi) is 20.0. The van der Waals surface area contributed by atoms with Gasteiger partial charge in [-0.15, -0.1) is 0 Å². The molecule has 4 aliphatic rings. The van der Waals surface area contributed by atoms with E-state index >= 15 is 0 Å². The maximum atomic E-state index is 14.9. The fourth-order valence-electron chi connectivity index (χ4n) is 10.9. The highest BCUT2D eigenvalue weighted by Gasteiger charge is 2.53. The van der Waals surface area contributed by atoms with Crippen molar-refractivity contribution in [1.29, 1.82) is 0 Å². The van der Waals surface area contributed by atoms with Crippen LogP contribution in [0.15, 0.2) is 41.6 Å². The molecule has 0 radical (unpaired) electrons. The lowest BCUT2D eigenvalue weighted by Gasteiger charge is -2.49. The maximum absolute atomic E-state index is 14.9. The molecule has 4 saturated heterocycles. The molecular weight excluding hydrogens is 882 g/mol. The largest absolute Gasteiger partial charge is 0.459 e. The van der Waals surface area contributed by atoms with Gasteiger partial charge in [-0.2, -0.15) is 0 Å². The molecule has 0 amide bonds. The van der Waals surface area contributed by atoms with Crippen molar-refractivity contribution in [3.8, 4) is 0 Å². The van der Waals surface area contributed by atoms with Crippen LogP contribution in [0.2, 0.25) is 0 Å². The molecule has 4 fully saturated rings. The first-order chi connectivity index (χ1) is 31.9. The molecule has 0 spiro atoms. The Morgan fingerprint density at radius 1 is 0.941 bits per heavy atom. The third-order valence-electron chi connectivity index (χ3n) is 15.2. The summed E-state index contributed by atoms with van der Waals surface area (Å²) < 4.78 is 53.1.